The predicted octanol–water partition coefficient (Wildman–Crippen LogP) is 6.00. The molecule has 2 aliphatic heterocycles. The van der Waals surface area contributed by atoms with Gasteiger partial charge in [0.1, 0.15) is 6.10 Å². The van der Waals surface area contributed by atoms with Gasteiger partial charge < -0.3 is 9.47 Å². The molecule has 0 aromatic carbocycles. The highest BCUT2D eigenvalue weighted by atomic mass is 16.7. The van der Waals surface area contributed by atoms with E-state index in [2.05, 4.69) is 27.7 Å². The molecule has 0 radical (unpaired) electrons. The Hall–Kier alpha value is -0.410. The van der Waals surface area contributed by atoms with Crippen molar-refractivity contribution in [2.45, 2.75) is 104 Å². The van der Waals surface area contributed by atoms with Gasteiger partial charge in [-0.05, 0) is 79.4 Å². The van der Waals surface area contributed by atoms with E-state index in [1.807, 2.05) is 0 Å². The molecule has 6 fully saturated rings. The second-order valence-corrected chi connectivity index (χ2v) is 12.8. The molecule has 4 saturated carbocycles. The van der Waals surface area contributed by atoms with Crippen molar-refractivity contribution in [2.24, 2.45) is 52.3 Å². The average Bonchev–Trinajstić information content (AvgIpc) is 3.13. The molecule has 30 heavy (non-hydrogen) atoms. The first-order valence-corrected chi connectivity index (χ1v) is 13.2. The molecule has 168 valence electrons. The molecule has 0 amide bonds. The number of fused-ring (bicyclic) bond motifs is 7. The summed E-state index contributed by atoms with van der Waals surface area (Å²) >= 11 is 0. The molecule has 0 bridgehead atoms. The molecule has 2 saturated heterocycles. The predicted molar refractivity (Wildman–Crippen MR) is 117 cm³/mol. The van der Waals surface area contributed by atoms with E-state index < -0.39 is 5.79 Å². The van der Waals surface area contributed by atoms with Gasteiger partial charge in [-0.3, -0.25) is 4.79 Å². The number of ketones is 1. The fraction of sp³-hybridized carbons (Fsp3) is 0.963. The molecule has 6 aliphatic rings. The van der Waals surface area contributed by atoms with Crippen molar-refractivity contribution in [3.63, 3.8) is 0 Å². The standard InChI is InChI=1S/C27H42O3/c1-16-10-14-27(29-15-16)17(2)21-24(30-27)23(28)22-19-9-8-18-7-5-6-12-25(18,3)20(19)11-13-26(21,22)4/h16-22,24H,5-15H2,1-4H3/t16-,17+,18?,19-,20+,21+,22-,24-,25+,26-,27-/m1/s1. The minimum atomic E-state index is -0.491. The van der Waals surface area contributed by atoms with Gasteiger partial charge >= 0.3 is 0 Å². The Bertz CT molecular complexity index is 724. The van der Waals surface area contributed by atoms with Gasteiger partial charge in [-0.25, -0.2) is 0 Å². The van der Waals surface area contributed by atoms with Crippen molar-refractivity contribution in [2.75, 3.05) is 6.61 Å². The second-order valence-electron chi connectivity index (χ2n) is 12.8. The summed E-state index contributed by atoms with van der Waals surface area (Å²) in [5, 5.41) is 0. The van der Waals surface area contributed by atoms with Crippen LogP contribution in [0.3, 0.4) is 0 Å². The van der Waals surface area contributed by atoms with Crippen molar-refractivity contribution < 1.29 is 14.3 Å². The molecule has 2 heterocycles. The minimum absolute atomic E-state index is 0.107. The largest absolute Gasteiger partial charge is 0.349 e. The topological polar surface area (TPSA) is 35.5 Å². The lowest BCUT2D eigenvalue weighted by Gasteiger charge is -2.60. The van der Waals surface area contributed by atoms with Crippen LogP contribution in [0.1, 0.15) is 91.9 Å². The summed E-state index contributed by atoms with van der Waals surface area (Å²) in [5.41, 5.74) is 0.590. The molecule has 1 unspecified atom stereocenters. The van der Waals surface area contributed by atoms with Gasteiger partial charge in [-0.15, -0.1) is 0 Å². The third-order valence-electron chi connectivity index (χ3n) is 11.6. The highest BCUT2D eigenvalue weighted by molar-refractivity contribution is 5.90. The number of ether oxygens (including phenoxy) is 2. The molecule has 0 aromatic heterocycles. The van der Waals surface area contributed by atoms with Crippen LogP contribution in [0, 0.1) is 52.3 Å². The van der Waals surface area contributed by atoms with Gasteiger partial charge in [0.2, 0.25) is 0 Å². The van der Waals surface area contributed by atoms with Gasteiger partial charge in [0.15, 0.2) is 11.6 Å². The summed E-state index contributed by atoms with van der Waals surface area (Å²) in [7, 11) is 0. The van der Waals surface area contributed by atoms with Crippen LogP contribution in [-0.4, -0.2) is 24.3 Å². The molecule has 0 N–H and O–H groups in total. The Morgan fingerprint density at radius 1 is 0.900 bits per heavy atom. The zero-order valence-electron chi connectivity index (χ0n) is 19.6. The lowest BCUT2D eigenvalue weighted by molar-refractivity contribution is -0.269. The quantitative estimate of drug-likeness (QED) is 0.487. The van der Waals surface area contributed by atoms with E-state index in [0.29, 0.717) is 34.9 Å². The number of hydrogen-bond acceptors (Lipinski definition) is 3. The Balaban J connectivity index is 1.32. The van der Waals surface area contributed by atoms with Gasteiger partial charge in [0, 0.05) is 24.2 Å². The number of Topliss-reactive ketones (excluding diaryl/α,β-unsaturated/α-hetero) is 1. The van der Waals surface area contributed by atoms with Gasteiger partial charge in [-0.1, -0.05) is 40.5 Å². The van der Waals surface area contributed by atoms with E-state index in [-0.39, 0.29) is 17.4 Å². The summed E-state index contributed by atoms with van der Waals surface area (Å²) < 4.78 is 13.1. The van der Waals surface area contributed by atoms with Crippen LogP contribution in [-0.2, 0) is 14.3 Å². The lowest BCUT2D eigenvalue weighted by Crippen LogP contribution is -2.55. The minimum Gasteiger partial charge on any atom is -0.349 e. The van der Waals surface area contributed by atoms with Crippen molar-refractivity contribution in [1.82, 2.24) is 0 Å². The summed E-state index contributed by atoms with van der Waals surface area (Å²) in [4.78, 5) is 14.0. The molecule has 0 aromatic rings. The highest BCUT2D eigenvalue weighted by Gasteiger charge is 2.72. The van der Waals surface area contributed by atoms with Crippen LogP contribution in [0.5, 0.6) is 0 Å². The second kappa shape index (κ2) is 6.56. The van der Waals surface area contributed by atoms with Crippen molar-refractivity contribution >= 4 is 5.78 Å². The van der Waals surface area contributed by atoms with E-state index >= 15 is 0 Å². The first-order chi connectivity index (χ1) is 14.3. The zero-order chi connectivity index (χ0) is 20.9. The maximum atomic E-state index is 14.0. The molecule has 4 aliphatic carbocycles. The maximum Gasteiger partial charge on any atom is 0.172 e. The summed E-state index contributed by atoms with van der Waals surface area (Å²) in [5.74, 6) is 3.74. The third kappa shape index (κ3) is 2.43. The van der Waals surface area contributed by atoms with Gasteiger partial charge in [0.05, 0.1) is 6.61 Å². The smallest absolute Gasteiger partial charge is 0.172 e. The van der Waals surface area contributed by atoms with E-state index in [9.17, 15) is 4.79 Å². The average molecular weight is 415 g/mol. The normalized spacial score (nSPS) is 60.1. The van der Waals surface area contributed by atoms with Gasteiger partial charge in [-0.2, -0.15) is 0 Å². The molecule has 1 spiro atoms. The number of hydrogen-bond donors (Lipinski definition) is 0. The van der Waals surface area contributed by atoms with Crippen LogP contribution in [0.2, 0.25) is 0 Å². The molecular formula is C27H42O3. The summed E-state index contributed by atoms with van der Waals surface area (Å²) in [6.45, 7) is 10.5. The van der Waals surface area contributed by atoms with E-state index in [1.54, 1.807) is 0 Å². The molecule has 3 nitrogen and oxygen atoms in total. The number of carbonyl (C=O) groups is 1. The fourth-order valence-electron chi connectivity index (χ4n) is 10.0. The van der Waals surface area contributed by atoms with Crippen LogP contribution in [0.25, 0.3) is 0 Å². The Morgan fingerprint density at radius 2 is 1.73 bits per heavy atom. The van der Waals surface area contributed by atoms with E-state index in [1.165, 1.54) is 51.4 Å². The highest BCUT2D eigenvalue weighted by Crippen LogP contribution is 2.70. The van der Waals surface area contributed by atoms with Crippen LogP contribution < -0.4 is 0 Å². The molecule has 6 rings (SSSR count). The Morgan fingerprint density at radius 3 is 2.50 bits per heavy atom. The molecular weight excluding hydrogens is 372 g/mol. The fourth-order valence-corrected chi connectivity index (χ4v) is 10.0. The van der Waals surface area contributed by atoms with Crippen molar-refractivity contribution in [3.8, 4) is 0 Å². The first kappa shape index (κ1) is 20.2. The van der Waals surface area contributed by atoms with Crippen LogP contribution in [0.15, 0.2) is 0 Å². The summed E-state index contributed by atoms with van der Waals surface area (Å²) in [6.07, 6.45) is 12.7. The van der Waals surface area contributed by atoms with Crippen LogP contribution in [0.4, 0.5) is 0 Å². The monoisotopic (exact) mass is 414 g/mol. The molecule has 3 heteroatoms. The molecule has 11 atom stereocenters. The SMILES string of the molecule is C[C@@H]1CC[C@@]2(OC1)O[C@H]1C(=O)[C@H]3[C@@H]4CCC5CCCC[C@]5(C)[C@H]4CC[C@]3(C)[C@H]1[C@@H]2C. The van der Waals surface area contributed by atoms with E-state index in [4.69, 9.17) is 9.47 Å². The first-order valence-electron chi connectivity index (χ1n) is 13.2. The number of carbonyl (C=O) groups excluding carboxylic acids is 1. The Labute approximate surface area is 183 Å². The van der Waals surface area contributed by atoms with Crippen molar-refractivity contribution in [1.29, 1.82) is 0 Å². The lowest BCUT2D eigenvalue weighted by atomic mass is 9.44. The zero-order valence-corrected chi connectivity index (χ0v) is 19.6. The summed E-state index contributed by atoms with van der Waals surface area (Å²) in [6, 6.07) is 0. The third-order valence-corrected chi connectivity index (χ3v) is 11.6. The Kier molecular flexibility index (Phi) is 4.42. The van der Waals surface area contributed by atoms with Crippen LogP contribution >= 0.6 is 0 Å². The van der Waals surface area contributed by atoms with Crippen molar-refractivity contribution in [3.05, 3.63) is 0 Å². The number of rotatable bonds is 0. The van der Waals surface area contributed by atoms with E-state index in [0.717, 1.165) is 31.3 Å². The maximum absolute atomic E-state index is 14.0. The van der Waals surface area contributed by atoms with Gasteiger partial charge in [0.25, 0.3) is 0 Å².